The molecule has 1 fully saturated rings. The molecule has 9 nitrogen and oxygen atoms in total. The number of hydrogen-bond donors (Lipinski definition) is 2. The van der Waals surface area contributed by atoms with Gasteiger partial charge >= 0.3 is 0 Å². The summed E-state index contributed by atoms with van der Waals surface area (Å²) in [4.78, 5) is 47.7. The van der Waals surface area contributed by atoms with Gasteiger partial charge in [-0.3, -0.25) is 14.4 Å². The zero-order valence-electron chi connectivity index (χ0n) is 25.3. The monoisotopic (exact) mass is 611 g/mol. The highest BCUT2D eigenvalue weighted by atomic mass is 32.1. The summed E-state index contributed by atoms with van der Waals surface area (Å²) >= 11 is 1.60. The van der Waals surface area contributed by atoms with Crippen molar-refractivity contribution in [3.8, 4) is 11.3 Å². The van der Waals surface area contributed by atoms with E-state index < -0.39 is 0 Å². The molecular formula is C34H37N5O4S. The van der Waals surface area contributed by atoms with Gasteiger partial charge in [-0.1, -0.05) is 25.5 Å². The van der Waals surface area contributed by atoms with Crippen molar-refractivity contribution in [1.29, 1.82) is 0 Å². The first-order valence-electron chi connectivity index (χ1n) is 15.2. The Morgan fingerprint density at radius 3 is 2.64 bits per heavy atom. The predicted octanol–water partition coefficient (Wildman–Crippen LogP) is 5.80. The SMILES string of the molecule is CCC1CCc2sc(C(=O)Nc3cccc(-c4cn(C)c(=O)c(Nc5ccc(C(=O)N6CCOCC6)cc5)n4)c3C)cc2C1. The number of aromatic nitrogens is 2. The number of nitrogens with one attached hydrogen (secondary N) is 2. The van der Waals surface area contributed by atoms with E-state index in [-0.39, 0.29) is 23.2 Å². The largest absolute Gasteiger partial charge is 0.378 e. The maximum Gasteiger partial charge on any atom is 0.293 e. The molecule has 3 heterocycles. The van der Waals surface area contributed by atoms with E-state index >= 15 is 0 Å². The van der Waals surface area contributed by atoms with E-state index in [0.717, 1.165) is 28.8 Å². The standard InChI is InChI=1S/C34H37N5O4S/c1-4-22-8-13-29-24(18-22)19-30(44-29)32(40)37-27-7-5-6-26(21(27)2)28-20-38(3)34(42)31(36-28)35-25-11-9-23(10-12-25)33(41)39-14-16-43-17-15-39/h5-7,9-12,19-20,22H,4,8,13-18H2,1-3H3,(H,35,36)(H,37,40). The van der Waals surface area contributed by atoms with Crippen molar-refractivity contribution in [2.24, 2.45) is 13.0 Å². The predicted molar refractivity (Wildman–Crippen MR) is 174 cm³/mol. The van der Waals surface area contributed by atoms with Crippen LogP contribution in [0.2, 0.25) is 0 Å². The Kier molecular flexibility index (Phi) is 8.63. The van der Waals surface area contributed by atoms with Gasteiger partial charge < -0.3 is 24.8 Å². The smallest absolute Gasteiger partial charge is 0.293 e. The summed E-state index contributed by atoms with van der Waals surface area (Å²) in [6.07, 6.45) is 6.15. The number of anilines is 3. The van der Waals surface area contributed by atoms with Crippen LogP contribution in [-0.2, 0) is 24.6 Å². The van der Waals surface area contributed by atoms with Gasteiger partial charge in [0, 0.05) is 53.7 Å². The van der Waals surface area contributed by atoms with Crippen molar-refractivity contribution in [1.82, 2.24) is 14.5 Å². The average molecular weight is 612 g/mol. The molecule has 2 aromatic carbocycles. The number of amides is 2. The molecule has 0 radical (unpaired) electrons. The van der Waals surface area contributed by atoms with Crippen LogP contribution in [0.1, 0.15) is 55.8 Å². The van der Waals surface area contributed by atoms with Crippen LogP contribution >= 0.6 is 11.3 Å². The molecule has 2 N–H and O–H groups in total. The zero-order chi connectivity index (χ0) is 30.8. The first kappa shape index (κ1) is 29.8. The second-order valence-electron chi connectivity index (χ2n) is 11.5. The number of rotatable bonds is 7. The van der Waals surface area contributed by atoms with E-state index in [2.05, 4.69) is 28.6 Å². The van der Waals surface area contributed by atoms with E-state index in [9.17, 15) is 14.4 Å². The van der Waals surface area contributed by atoms with Crippen molar-refractivity contribution < 1.29 is 14.3 Å². The van der Waals surface area contributed by atoms with Gasteiger partial charge in [-0.05, 0) is 79.6 Å². The summed E-state index contributed by atoms with van der Waals surface area (Å²) in [6, 6.07) is 14.8. The molecule has 1 aliphatic carbocycles. The summed E-state index contributed by atoms with van der Waals surface area (Å²) in [5.74, 6) is 0.719. The number of ether oxygens (including phenoxy) is 1. The Morgan fingerprint density at radius 1 is 1.11 bits per heavy atom. The Balaban J connectivity index is 1.20. The van der Waals surface area contributed by atoms with Gasteiger partial charge in [0.25, 0.3) is 17.4 Å². The Morgan fingerprint density at radius 2 is 1.89 bits per heavy atom. The maximum atomic E-state index is 13.3. The van der Waals surface area contributed by atoms with Gasteiger partial charge in [0.15, 0.2) is 5.82 Å². The number of hydrogen-bond acceptors (Lipinski definition) is 7. The fourth-order valence-electron chi connectivity index (χ4n) is 5.89. The third-order valence-corrected chi connectivity index (χ3v) is 9.84. The van der Waals surface area contributed by atoms with Crippen LogP contribution in [0, 0.1) is 12.8 Å². The third-order valence-electron chi connectivity index (χ3n) is 8.61. The molecule has 1 aliphatic heterocycles. The first-order valence-corrected chi connectivity index (χ1v) is 16.0. The van der Waals surface area contributed by atoms with E-state index in [4.69, 9.17) is 4.74 Å². The molecule has 6 rings (SSSR count). The zero-order valence-corrected chi connectivity index (χ0v) is 26.1. The molecule has 10 heteroatoms. The van der Waals surface area contributed by atoms with E-state index in [1.54, 1.807) is 53.7 Å². The van der Waals surface area contributed by atoms with Crippen molar-refractivity contribution >= 4 is 40.3 Å². The first-order chi connectivity index (χ1) is 21.3. The molecule has 2 aliphatic rings. The highest BCUT2D eigenvalue weighted by molar-refractivity contribution is 7.14. The Labute approximate surface area is 260 Å². The number of benzene rings is 2. The molecule has 4 aromatic rings. The third kappa shape index (κ3) is 6.18. The van der Waals surface area contributed by atoms with Crippen LogP contribution in [0.15, 0.2) is 59.5 Å². The fourth-order valence-corrected chi connectivity index (χ4v) is 6.99. The minimum Gasteiger partial charge on any atom is -0.378 e. The van der Waals surface area contributed by atoms with Gasteiger partial charge in [0.05, 0.1) is 23.8 Å². The fraction of sp³-hybridized carbons (Fsp3) is 0.353. The molecule has 228 valence electrons. The van der Waals surface area contributed by atoms with Gasteiger partial charge in [-0.2, -0.15) is 0 Å². The van der Waals surface area contributed by atoms with Crippen LogP contribution in [0.25, 0.3) is 11.3 Å². The van der Waals surface area contributed by atoms with E-state index in [1.165, 1.54) is 27.8 Å². The second-order valence-corrected chi connectivity index (χ2v) is 12.6. The van der Waals surface area contributed by atoms with Gasteiger partial charge in [-0.15, -0.1) is 11.3 Å². The van der Waals surface area contributed by atoms with E-state index in [1.807, 2.05) is 25.1 Å². The van der Waals surface area contributed by atoms with Crippen molar-refractivity contribution in [3.63, 3.8) is 0 Å². The summed E-state index contributed by atoms with van der Waals surface area (Å²) in [6.45, 7) is 6.41. The lowest BCUT2D eigenvalue weighted by molar-refractivity contribution is 0.0303. The van der Waals surface area contributed by atoms with Crippen LogP contribution in [-0.4, -0.2) is 52.6 Å². The molecule has 0 saturated carbocycles. The van der Waals surface area contributed by atoms with Crippen molar-refractivity contribution in [3.05, 3.63) is 91.5 Å². The topological polar surface area (TPSA) is 106 Å². The number of thiophene rings is 1. The van der Waals surface area contributed by atoms with Crippen LogP contribution < -0.4 is 16.2 Å². The maximum absolute atomic E-state index is 13.3. The molecule has 1 saturated heterocycles. The summed E-state index contributed by atoms with van der Waals surface area (Å²) in [5.41, 5.74) is 5.23. The summed E-state index contributed by atoms with van der Waals surface area (Å²) in [7, 11) is 1.69. The van der Waals surface area contributed by atoms with Crippen LogP contribution in [0.3, 0.4) is 0 Å². The Bertz CT molecular complexity index is 1750. The molecule has 1 unspecified atom stereocenters. The minimum atomic E-state index is -0.281. The van der Waals surface area contributed by atoms with E-state index in [0.29, 0.717) is 54.9 Å². The van der Waals surface area contributed by atoms with Crippen LogP contribution in [0.5, 0.6) is 0 Å². The number of carbonyl (C=O) groups excluding carboxylic acids is 2. The number of aryl methyl sites for hydroxylation is 2. The molecule has 2 amide bonds. The van der Waals surface area contributed by atoms with Gasteiger partial charge in [-0.25, -0.2) is 4.98 Å². The molecular weight excluding hydrogens is 574 g/mol. The molecule has 0 bridgehead atoms. The summed E-state index contributed by atoms with van der Waals surface area (Å²) in [5, 5.41) is 6.24. The number of fused-ring (bicyclic) bond motifs is 1. The molecule has 2 aromatic heterocycles. The molecule has 1 atom stereocenters. The second kappa shape index (κ2) is 12.8. The number of carbonyl (C=O) groups is 2. The van der Waals surface area contributed by atoms with Crippen molar-refractivity contribution in [2.75, 3.05) is 36.9 Å². The average Bonchev–Trinajstić information content (AvgIpc) is 3.48. The Hall–Kier alpha value is -4.28. The summed E-state index contributed by atoms with van der Waals surface area (Å²) < 4.78 is 6.83. The highest BCUT2D eigenvalue weighted by Gasteiger charge is 2.23. The van der Waals surface area contributed by atoms with Crippen molar-refractivity contribution in [2.45, 2.75) is 39.5 Å². The quantitative estimate of drug-likeness (QED) is 0.274. The molecule has 0 spiro atoms. The van der Waals surface area contributed by atoms with Gasteiger partial charge in [0.2, 0.25) is 0 Å². The van der Waals surface area contributed by atoms with Crippen LogP contribution in [0.4, 0.5) is 17.2 Å². The minimum absolute atomic E-state index is 0.0397. The normalized spacial score (nSPS) is 16.3. The highest BCUT2D eigenvalue weighted by Crippen LogP contribution is 2.34. The number of morpholine rings is 1. The lowest BCUT2D eigenvalue weighted by Gasteiger charge is -2.26. The van der Waals surface area contributed by atoms with Gasteiger partial charge in [0.1, 0.15) is 0 Å². The number of nitrogens with zero attached hydrogens (tertiary/aromatic N) is 3. The lowest BCUT2D eigenvalue weighted by atomic mass is 9.87. The lowest BCUT2D eigenvalue weighted by Crippen LogP contribution is -2.40. The molecule has 44 heavy (non-hydrogen) atoms.